The Morgan fingerprint density at radius 3 is 2.54 bits per heavy atom. The van der Waals surface area contributed by atoms with Gasteiger partial charge in [-0.3, -0.25) is 4.79 Å². The minimum absolute atomic E-state index is 0.0248. The zero-order chi connectivity index (χ0) is 17.5. The summed E-state index contributed by atoms with van der Waals surface area (Å²) >= 11 is 0. The number of rotatable bonds is 2. The van der Waals surface area contributed by atoms with Crippen LogP contribution in [-0.2, 0) is 0 Å². The normalized spacial score (nSPS) is 18.1. The third-order valence-electron chi connectivity index (χ3n) is 4.32. The van der Waals surface area contributed by atoms with E-state index < -0.39 is 29.9 Å². The van der Waals surface area contributed by atoms with Crippen LogP contribution < -0.4 is 0 Å². The number of likely N-dealkylation sites (tertiary alicyclic amines) is 1. The van der Waals surface area contributed by atoms with Crippen LogP contribution in [-0.4, -0.2) is 41.3 Å². The number of halogens is 4. The first-order valence-corrected chi connectivity index (χ1v) is 7.49. The Morgan fingerprint density at radius 1 is 1.29 bits per heavy atom. The molecule has 1 N–H and O–H groups in total. The molecule has 8 heteroatoms. The average molecular weight is 345 g/mol. The molecule has 1 amide bonds. The van der Waals surface area contributed by atoms with Gasteiger partial charge in [0.15, 0.2) is 23.3 Å². The van der Waals surface area contributed by atoms with Gasteiger partial charge in [0.25, 0.3) is 5.91 Å². The van der Waals surface area contributed by atoms with E-state index in [0.717, 1.165) is 0 Å². The second-order valence-corrected chi connectivity index (χ2v) is 5.88. The van der Waals surface area contributed by atoms with Gasteiger partial charge in [0.2, 0.25) is 0 Å². The SMILES string of the molecule is O=C(c1cc2cccc(F)c2o1)N1CCC(C(O)C(F)(F)F)CC1. The molecule has 0 radical (unpaired) electrons. The Hall–Kier alpha value is -2.09. The molecular formula is C16H15F4NO3. The van der Waals surface area contributed by atoms with E-state index in [4.69, 9.17) is 4.42 Å². The highest BCUT2D eigenvalue weighted by atomic mass is 19.4. The van der Waals surface area contributed by atoms with E-state index in [0.29, 0.717) is 5.39 Å². The van der Waals surface area contributed by atoms with Gasteiger partial charge in [-0.25, -0.2) is 4.39 Å². The fraction of sp³-hybridized carbons (Fsp3) is 0.438. The summed E-state index contributed by atoms with van der Waals surface area (Å²) < 4.78 is 56.4. The second kappa shape index (κ2) is 6.08. The van der Waals surface area contributed by atoms with E-state index in [1.54, 1.807) is 6.07 Å². The van der Waals surface area contributed by atoms with Gasteiger partial charge in [0.05, 0.1) is 0 Å². The van der Waals surface area contributed by atoms with Gasteiger partial charge in [-0.1, -0.05) is 12.1 Å². The number of carbonyl (C=O) groups excluding carboxylic acids is 1. The van der Waals surface area contributed by atoms with Crippen molar-refractivity contribution in [2.45, 2.75) is 25.1 Å². The van der Waals surface area contributed by atoms with Crippen molar-refractivity contribution in [3.05, 3.63) is 35.8 Å². The Morgan fingerprint density at radius 2 is 1.96 bits per heavy atom. The highest BCUT2D eigenvalue weighted by molar-refractivity contribution is 5.96. The van der Waals surface area contributed by atoms with Gasteiger partial charge in [-0.15, -0.1) is 0 Å². The summed E-state index contributed by atoms with van der Waals surface area (Å²) in [7, 11) is 0. The van der Waals surface area contributed by atoms with E-state index in [1.165, 1.54) is 23.1 Å². The topological polar surface area (TPSA) is 53.7 Å². The largest absolute Gasteiger partial charge is 0.448 e. The summed E-state index contributed by atoms with van der Waals surface area (Å²) in [6, 6.07) is 5.72. The molecule has 0 bridgehead atoms. The molecular weight excluding hydrogens is 330 g/mol. The molecule has 1 fully saturated rings. The Balaban J connectivity index is 1.69. The van der Waals surface area contributed by atoms with E-state index in [2.05, 4.69) is 0 Å². The number of carbonyl (C=O) groups is 1. The number of nitrogens with zero attached hydrogens (tertiary/aromatic N) is 1. The van der Waals surface area contributed by atoms with Crippen LogP contribution in [0.5, 0.6) is 0 Å². The van der Waals surface area contributed by atoms with Crippen molar-refractivity contribution in [2.24, 2.45) is 5.92 Å². The second-order valence-electron chi connectivity index (χ2n) is 5.88. The predicted octanol–water partition coefficient (Wildman–Crippen LogP) is 3.35. The summed E-state index contributed by atoms with van der Waals surface area (Å²) in [6.07, 6.45) is -6.95. The number of fused-ring (bicyclic) bond motifs is 1. The lowest BCUT2D eigenvalue weighted by molar-refractivity contribution is -0.222. The lowest BCUT2D eigenvalue weighted by atomic mass is 9.91. The van der Waals surface area contributed by atoms with Crippen molar-refractivity contribution < 1.29 is 31.9 Å². The number of alkyl halides is 3. The highest BCUT2D eigenvalue weighted by Crippen LogP contribution is 2.32. The van der Waals surface area contributed by atoms with Gasteiger partial charge < -0.3 is 14.4 Å². The van der Waals surface area contributed by atoms with Crippen molar-refractivity contribution in [2.75, 3.05) is 13.1 Å². The molecule has 2 heterocycles. The Kier molecular flexibility index (Phi) is 4.25. The molecule has 1 saturated heterocycles. The fourth-order valence-corrected chi connectivity index (χ4v) is 2.97. The lowest BCUT2D eigenvalue weighted by Gasteiger charge is -2.34. The zero-order valence-corrected chi connectivity index (χ0v) is 12.5. The van der Waals surface area contributed by atoms with Crippen LogP contribution >= 0.6 is 0 Å². The first kappa shape index (κ1) is 16.8. The number of piperidine rings is 1. The maximum Gasteiger partial charge on any atom is 0.414 e. The molecule has 4 nitrogen and oxygen atoms in total. The minimum Gasteiger partial charge on any atom is -0.448 e. The maximum absolute atomic E-state index is 13.6. The van der Waals surface area contributed by atoms with Crippen molar-refractivity contribution >= 4 is 16.9 Å². The van der Waals surface area contributed by atoms with E-state index in [1.807, 2.05) is 0 Å². The quantitative estimate of drug-likeness (QED) is 0.850. The van der Waals surface area contributed by atoms with Crippen LogP contribution in [0.3, 0.4) is 0 Å². The molecule has 2 aromatic rings. The number of hydrogen-bond donors (Lipinski definition) is 1. The van der Waals surface area contributed by atoms with Crippen LogP contribution in [0.2, 0.25) is 0 Å². The fourth-order valence-electron chi connectivity index (χ4n) is 2.97. The van der Waals surface area contributed by atoms with Gasteiger partial charge in [0.1, 0.15) is 0 Å². The molecule has 24 heavy (non-hydrogen) atoms. The van der Waals surface area contributed by atoms with Crippen molar-refractivity contribution in [3.63, 3.8) is 0 Å². The number of amides is 1. The molecule has 1 aromatic carbocycles. The standard InChI is InChI=1S/C16H15F4NO3/c17-11-3-1-2-10-8-12(24-13(10)11)15(23)21-6-4-9(5-7-21)14(22)16(18,19)20/h1-3,8-9,14,22H,4-7H2. The van der Waals surface area contributed by atoms with Crippen LogP contribution in [0.4, 0.5) is 17.6 Å². The van der Waals surface area contributed by atoms with Crippen LogP contribution in [0.15, 0.2) is 28.7 Å². The van der Waals surface area contributed by atoms with Gasteiger partial charge in [0, 0.05) is 18.5 Å². The molecule has 1 atom stereocenters. The third-order valence-corrected chi connectivity index (χ3v) is 4.32. The van der Waals surface area contributed by atoms with Crippen molar-refractivity contribution in [1.29, 1.82) is 0 Å². The number of hydrogen-bond acceptors (Lipinski definition) is 3. The first-order chi connectivity index (χ1) is 11.3. The molecule has 0 aliphatic carbocycles. The maximum atomic E-state index is 13.6. The summed E-state index contributed by atoms with van der Waals surface area (Å²) in [6.45, 7) is 0.159. The van der Waals surface area contributed by atoms with Crippen molar-refractivity contribution in [1.82, 2.24) is 4.90 Å². The first-order valence-electron chi connectivity index (χ1n) is 7.49. The average Bonchev–Trinajstić information content (AvgIpc) is 2.98. The van der Waals surface area contributed by atoms with Crippen LogP contribution in [0, 0.1) is 11.7 Å². The molecule has 3 rings (SSSR count). The van der Waals surface area contributed by atoms with Gasteiger partial charge in [-0.2, -0.15) is 13.2 Å². The summed E-state index contributed by atoms with van der Waals surface area (Å²) in [5.41, 5.74) is -0.0248. The Labute approximate surface area is 134 Å². The summed E-state index contributed by atoms with van der Waals surface area (Å²) in [4.78, 5) is 13.7. The molecule has 130 valence electrons. The number of benzene rings is 1. The monoisotopic (exact) mass is 345 g/mol. The van der Waals surface area contributed by atoms with Gasteiger partial charge >= 0.3 is 6.18 Å². The zero-order valence-electron chi connectivity index (χ0n) is 12.5. The summed E-state index contributed by atoms with van der Waals surface area (Å²) in [5, 5.41) is 9.73. The third kappa shape index (κ3) is 3.10. The predicted molar refractivity (Wildman–Crippen MR) is 76.9 cm³/mol. The van der Waals surface area contributed by atoms with E-state index >= 15 is 0 Å². The Bertz CT molecular complexity index is 747. The van der Waals surface area contributed by atoms with E-state index in [-0.39, 0.29) is 37.3 Å². The minimum atomic E-state index is -4.66. The van der Waals surface area contributed by atoms with Crippen LogP contribution in [0.1, 0.15) is 23.4 Å². The smallest absolute Gasteiger partial charge is 0.414 e. The van der Waals surface area contributed by atoms with Gasteiger partial charge in [-0.05, 0) is 30.9 Å². The lowest BCUT2D eigenvalue weighted by Crippen LogP contribution is -2.45. The molecule has 0 spiro atoms. The highest BCUT2D eigenvalue weighted by Gasteiger charge is 2.44. The van der Waals surface area contributed by atoms with E-state index in [9.17, 15) is 27.5 Å². The molecule has 1 aliphatic heterocycles. The number of furan rings is 1. The molecule has 0 saturated carbocycles. The number of aliphatic hydroxyl groups excluding tert-OH is 1. The number of para-hydroxylation sites is 1. The molecule has 1 unspecified atom stereocenters. The van der Waals surface area contributed by atoms with Crippen molar-refractivity contribution in [3.8, 4) is 0 Å². The van der Waals surface area contributed by atoms with Crippen LogP contribution in [0.25, 0.3) is 11.0 Å². The molecule has 1 aliphatic rings. The summed E-state index contributed by atoms with van der Waals surface area (Å²) in [5.74, 6) is -2.06. The molecule has 1 aromatic heterocycles. The number of aliphatic hydroxyl groups is 1.